The fourth-order valence-corrected chi connectivity index (χ4v) is 4.75. The van der Waals surface area contributed by atoms with Gasteiger partial charge in [-0.2, -0.15) is 0 Å². The van der Waals surface area contributed by atoms with Crippen molar-refractivity contribution >= 4 is 39.9 Å². The number of carbonyl (C=O) groups excluding carboxylic acids is 3. The van der Waals surface area contributed by atoms with Crippen LogP contribution in [0.4, 0.5) is 9.52 Å². The van der Waals surface area contributed by atoms with Crippen LogP contribution in [0.15, 0.2) is 54.1 Å². The van der Waals surface area contributed by atoms with Crippen molar-refractivity contribution in [2.45, 2.75) is 19.9 Å². The summed E-state index contributed by atoms with van der Waals surface area (Å²) in [4.78, 5) is 44.5. The predicted octanol–water partition coefficient (Wildman–Crippen LogP) is 4.40. The van der Waals surface area contributed by atoms with Crippen molar-refractivity contribution in [3.63, 3.8) is 0 Å². The van der Waals surface area contributed by atoms with Crippen molar-refractivity contribution < 1.29 is 33.4 Å². The summed E-state index contributed by atoms with van der Waals surface area (Å²) in [6.45, 7) is 3.44. The number of ketones is 1. The number of esters is 1. The Kier molecular flexibility index (Phi) is 6.65. The van der Waals surface area contributed by atoms with E-state index in [1.165, 1.54) is 19.2 Å². The standard InChI is InChI=1S/C25H21FN2O6S/c1-4-34-24(32)22-13(2)27-25(35-22)28-19(14-7-11-17(33-3)12-8-14)18(21(30)23(28)31)20(29)15-5-9-16(26)10-6-15/h5-12,19,29H,4H2,1-3H3/b20-18+. The van der Waals surface area contributed by atoms with Crippen LogP contribution in [-0.2, 0) is 14.3 Å². The van der Waals surface area contributed by atoms with Gasteiger partial charge in [-0.15, -0.1) is 0 Å². The monoisotopic (exact) mass is 496 g/mol. The first-order chi connectivity index (χ1) is 16.8. The number of hydrogen-bond donors (Lipinski definition) is 1. The van der Waals surface area contributed by atoms with Gasteiger partial charge in [0, 0.05) is 5.56 Å². The Labute approximate surface area is 204 Å². The number of amides is 1. The quantitative estimate of drug-likeness (QED) is 0.233. The number of thiazole rings is 1. The molecule has 2 aromatic carbocycles. The smallest absolute Gasteiger partial charge is 0.350 e. The summed E-state index contributed by atoms with van der Waals surface area (Å²) in [5, 5.41) is 11.2. The summed E-state index contributed by atoms with van der Waals surface area (Å²) in [6.07, 6.45) is 0. The van der Waals surface area contributed by atoms with Gasteiger partial charge in [0.15, 0.2) is 5.13 Å². The highest BCUT2D eigenvalue weighted by molar-refractivity contribution is 7.17. The molecule has 3 aromatic rings. The van der Waals surface area contributed by atoms with E-state index in [1.54, 1.807) is 38.1 Å². The lowest BCUT2D eigenvalue weighted by molar-refractivity contribution is -0.132. The van der Waals surface area contributed by atoms with Crippen LogP contribution >= 0.6 is 11.3 Å². The summed E-state index contributed by atoms with van der Waals surface area (Å²) >= 11 is 0.917. The highest BCUT2D eigenvalue weighted by Crippen LogP contribution is 2.44. The Morgan fingerprint density at radius 3 is 2.40 bits per heavy atom. The molecule has 1 unspecified atom stereocenters. The first kappa shape index (κ1) is 24.1. The van der Waals surface area contributed by atoms with Crippen LogP contribution in [0, 0.1) is 12.7 Å². The number of halogens is 1. The maximum absolute atomic E-state index is 13.4. The number of aliphatic hydroxyl groups is 1. The zero-order valence-corrected chi connectivity index (χ0v) is 19.9. The van der Waals surface area contributed by atoms with Crippen molar-refractivity contribution in [2.75, 3.05) is 18.6 Å². The minimum absolute atomic E-state index is 0.103. The van der Waals surface area contributed by atoms with E-state index >= 15 is 0 Å². The van der Waals surface area contributed by atoms with Crippen LogP contribution in [0.3, 0.4) is 0 Å². The lowest BCUT2D eigenvalue weighted by Crippen LogP contribution is -2.29. The van der Waals surface area contributed by atoms with E-state index in [0.29, 0.717) is 17.0 Å². The van der Waals surface area contributed by atoms with Gasteiger partial charge in [-0.05, 0) is 55.8 Å². The number of ether oxygens (including phenoxy) is 2. The van der Waals surface area contributed by atoms with E-state index in [4.69, 9.17) is 9.47 Å². The Bertz CT molecular complexity index is 1330. The molecule has 1 N–H and O–H groups in total. The molecule has 35 heavy (non-hydrogen) atoms. The van der Waals surface area contributed by atoms with Gasteiger partial charge in [0.1, 0.15) is 22.2 Å². The molecule has 4 rings (SSSR count). The summed E-state index contributed by atoms with van der Waals surface area (Å²) in [5.74, 6) is -2.85. The second-order valence-corrected chi connectivity index (χ2v) is 8.56. The van der Waals surface area contributed by atoms with Crippen LogP contribution in [0.5, 0.6) is 5.75 Å². The number of aryl methyl sites for hydroxylation is 1. The van der Waals surface area contributed by atoms with Gasteiger partial charge < -0.3 is 14.6 Å². The Balaban J connectivity index is 1.90. The van der Waals surface area contributed by atoms with Crippen LogP contribution in [0.1, 0.15) is 39.5 Å². The average Bonchev–Trinajstić information content (AvgIpc) is 3.36. The molecule has 8 nitrogen and oxygen atoms in total. The lowest BCUT2D eigenvalue weighted by atomic mass is 9.95. The van der Waals surface area contributed by atoms with Crippen molar-refractivity contribution in [1.82, 2.24) is 4.98 Å². The largest absolute Gasteiger partial charge is 0.507 e. The summed E-state index contributed by atoms with van der Waals surface area (Å²) in [5.41, 5.74) is 0.833. The molecule has 1 aliphatic rings. The molecule has 0 radical (unpaired) electrons. The van der Waals surface area contributed by atoms with Crippen molar-refractivity contribution in [3.05, 3.63) is 81.6 Å². The third kappa shape index (κ3) is 4.40. The highest BCUT2D eigenvalue weighted by Gasteiger charge is 2.48. The van der Waals surface area contributed by atoms with Crippen molar-refractivity contribution in [1.29, 1.82) is 0 Å². The minimum atomic E-state index is -1.05. The van der Waals surface area contributed by atoms with Crippen LogP contribution < -0.4 is 9.64 Å². The van der Waals surface area contributed by atoms with Gasteiger partial charge >= 0.3 is 11.9 Å². The third-order valence-corrected chi connectivity index (χ3v) is 6.58. The Hall–Kier alpha value is -4.05. The normalized spacial score (nSPS) is 17.0. The number of anilines is 1. The van der Waals surface area contributed by atoms with E-state index in [2.05, 4.69) is 4.98 Å². The fourth-order valence-electron chi connectivity index (χ4n) is 3.77. The number of rotatable bonds is 6. The van der Waals surface area contributed by atoms with Crippen LogP contribution in [0.2, 0.25) is 0 Å². The number of Topliss-reactive ketones (excluding diaryl/α,β-unsaturated/α-hetero) is 1. The number of benzene rings is 2. The van der Waals surface area contributed by atoms with Crippen molar-refractivity contribution in [3.8, 4) is 5.75 Å². The van der Waals surface area contributed by atoms with E-state index in [-0.39, 0.29) is 27.8 Å². The Morgan fingerprint density at radius 2 is 1.80 bits per heavy atom. The molecule has 0 aliphatic carbocycles. The molecule has 0 saturated carbocycles. The van der Waals surface area contributed by atoms with Gasteiger partial charge in [0.05, 0.1) is 31.0 Å². The molecule has 1 aromatic heterocycles. The molecule has 1 saturated heterocycles. The van der Waals surface area contributed by atoms with Gasteiger partial charge in [0.2, 0.25) is 0 Å². The molecule has 2 heterocycles. The highest BCUT2D eigenvalue weighted by atomic mass is 32.1. The molecule has 0 bridgehead atoms. The lowest BCUT2D eigenvalue weighted by Gasteiger charge is -2.23. The molecule has 1 fully saturated rings. The van der Waals surface area contributed by atoms with Crippen LogP contribution in [0.25, 0.3) is 5.76 Å². The molecule has 0 spiro atoms. The molecule has 1 aliphatic heterocycles. The predicted molar refractivity (Wildman–Crippen MR) is 127 cm³/mol. The van der Waals surface area contributed by atoms with Gasteiger partial charge in [-0.3, -0.25) is 14.5 Å². The first-order valence-corrected chi connectivity index (χ1v) is 11.4. The topological polar surface area (TPSA) is 106 Å². The summed E-state index contributed by atoms with van der Waals surface area (Å²) < 4.78 is 23.7. The number of methoxy groups -OCH3 is 1. The van der Waals surface area contributed by atoms with Crippen molar-refractivity contribution in [2.24, 2.45) is 0 Å². The van der Waals surface area contributed by atoms with Crippen LogP contribution in [-0.4, -0.2) is 41.5 Å². The third-order valence-electron chi connectivity index (χ3n) is 5.45. The fraction of sp³-hybridized carbons (Fsp3) is 0.200. The molecular weight excluding hydrogens is 475 g/mol. The second-order valence-electron chi connectivity index (χ2n) is 7.58. The van der Waals surface area contributed by atoms with Gasteiger partial charge in [0.25, 0.3) is 5.78 Å². The zero-order valence-electron chi connectivity index (χ0n) is 19.1. The number of carbonyl (C=O) groups is 3. The number of aromatic nitrogens is 1. The number of nitrogens with zero attached hydrogens (tertiary/aromatic N) is 2. The van der Waals surface area contributed by atoms with E-state index in [0.717, 1.165) is 28.4 Å². The summed E-state index contributed by atoms with van der Waals surface area (Å²) in [6, 6.07) is 10.5. The molecule has 1 amide bonds. The second kappa shape index (κ2) is 9.67. The SMILES string of the molecule is CCOC(=O)c1sc(N2C(=O)C(=O)/C(=C(/O)c3ccc(F)cc3)C2c2ccc(OC)cc2)nc1C. The van der Waals surface area contributed by atoms with Gasteiger partial charge in [-0.25, -0.2) is 14.2 Å². The first-order valence-electron chi connectivity index (χ1n) is 10.6. The molecule has 1 atom stereocenters. The maximum Gasteiger partial charge on any atom is 0.350 e. The van der Waals surface area contributed by atoms with Gasteiger partial charge in [-0.1, -0.05) is 23.5 Å². The number of hydrogen-bond acceptors (Lipinski definition) is 8. The Morgan fingerprint density at radius 1 is 1.14 bits per heavy atom. The molecule has 180 valence electrons. The number of aliphatic hydroxyl groups excluding tert-OH is 1. The molecular formula is C25H21FN2O6S. The summed E-state index contributed by atoms with van der Waals surface area (Å²) in [7, 11) is 1.50. The maximum atomic E-state index is 13.4. The zero-order chi connectivity index (χ0) is 25.3. The average molecular weight is 497 g/mol. The minimum Gasteiger partial charge on any atom is -0.507 e. The van der Waals surface area contributed by atoms with E-state index < -0.39 is 35.3 Å². The molecule has 10 heteroatoms. The van der Waals surface area contributed by atoms with E-state index in [1.807, 2.05) is 0 Å². The van der Waals surface area contributed by atoms with E-state index in [9.17, 15) is 23.9 Å².